The fraction of sp³-hybridized carbons (Fsp3) is 0.167. The molecule has 2 aliphatic heterocycles. The van der Waals surface area contributed by atoms with Crippen LogP contribution in [0.3, 0.4) is 0 Å². The molecule has 0 radical (unpaired) electrons. The van der Waals surface area contributed by atoms with Crippen molar-refractivity contribution in [2.45, 2.75) is 25.8 Å². The van der Waals surface area contributed by atoms with E-state index in [9.17, 15) is 9.59 Å². The number of hydrogen-bond donors (Lipinski definition) is 2. The number of carbonyl (C=O) groups excluding carboxylic acids is 2. The lowest BCUT2D eigenvalue weighted by molar-refractivity contribution is -0.123. The predicted octanol–water partition coefficient (Wildman–Crippen LogP) is 3.72. The summed E-state index contributed by atoms with van der Waals surface area (Å²) in [7, 11) is 0. The zero-order valence-corrected chi connectivity index (χ0v) is 15.8. The van der Waals surface area contributed by atoms with Crippen molar-refractivity contribution in [1.29, 1.82) is 0 Å². The number of fused-ring (bicyclic) bond motifs is 1. The molecule has 4 heterocycles. The summed E-state index contributed by atoms with van der Waals surface area (Å²) in [6.45, 7) is 0.993. The third kappa shape index (κ3) is 2.34. The van der Waals surface area contributed by atoms with E-state index < -0.39 is 0 Å². The Bertz CT molecular complexity index is 1370. The monoisotopic (exact) mass is 381 g/mol. The van der Waals surface area contributed by atoms with Crippen LogP contribution >= 0.6 is 0 Å². The van der Waals surface area contributed by atoms with E-state index in [-0.39, 0.29) is 11.8 Å². The second-order valence-corrected chi connectivity index (χ2v) is 7.83. The number of rotatable bonds is 3. The lowest BCUT2D eigenvalue weighted by Gasteiger charge is -2.14. The maximum Gasteiger partial charge on any atom is 0.259 e. The fourth-order valence-corrected chi connectivity index (χ4v) is 4.88. The van der Waals surface area contributed by atoms with E-state index in [0.717, 1.165) is 41.4 Å². The fourth-order valence-electron chi connectivity index (χ4n) is 4.88. The van der Waals surface area contributed by atoms with Gasteiger partial charge in [-0.1, -0.05) is 36.4 Å². The molecule has 0 saturated carbocycles. The Labute approximate surface area is 167 Å². The molecule has 0 bridgehead atoms. The summed E-state index contributed by atoms with van der Waals surface area (Å²) in [5.74, 6) is -0.606. The molecule has 142 valence electrons. The van der Waals surface area contributed by atoms with Crippen LogP contribution in [0.15, 0.2) is 60.4 Å². The van der Waals surface area contributed by atoms with Crippen molar-refractivity contribution in [3.8, 4) is 0 Å². The number of imide groups is 1. The Morgan fingerprint density at radius 2 is 1.83 bits per heavy atom. The van der Waals surface area contributed by atoms with Crippen LogP contribution in [0.4, 0.5) is 0 Å². The highest BCUT2D eigenvalue weighted by atomic mass is 16.2. The summed E-state index contributed by atoms with van der Waals surface area (Å²) in [5, 5.41) is 4.64. The van der Waals surface area contributed by atoms with E-state index in [1.807, 2.05) is 30.5 Å². The molecule has 2 aromatic heterocycles. The van der Waals surface area contributed by atoms with E-state index in [1.54, 1.807) is 0 Å². The number of aromatic amines is 1. The molecule has 2 aliphatic rings. The van der Waals surface area contributed by atoms with Crippen LogP contribution in [0.5, 0.6) is 0 Å². The predicted molar refractivity (Wildman–Crippen MR) is 112 cm³/mol. The van der Waals surface area contributed by atoms with Crippen LogP contribution in [-0.4, -0.2) is 21.4 Å². The van der Waals surface area contributed by atoms with Gasteiger partial charge in [0.2, 0.25) is 0 Å². The zero-order chi connectivity index (χ0) is 19.5. The molecule has 0 fully saturated rings. The van der Waals surface area contributed by atoms with Gasteiger partial charge >= 0.3 is 0 Å². The van der Waals surface area contributed by atoms with Crippen LogP contribution in [0.25, 0.3) is 27.4 Å². The summed E-state index contributed by atoms with van der Waals surface area (Å²) < 4.78 is 2.30. The normalized spacial score (nSPS) is 16.3. The first-order chi connectivity index (χ1) is 14.2. The number of carbonyl (C=O) groups is 2. The minimum atomic E-state index is -0.316. The van der Waals surface area contributed by atoms with Crippen LogP contribution < -0.4 is 5.32 Å². The molecular weight excluding hydrogens is 362 g/mol. The minimum absolute atomic E-state index is 0.290. The van der Waals surface area contributed by atoms with Crippen molar-refractivity contribution in [3.63, 3.8) is 0 Å². The van der Waals surface area contributed by atoms with Crippen molar-refractivity contribution in [2.75, 3.05) is 0 Å². The number of benzene rings is 2. The second kappa shape index (κ2) is 5.95. The molecule has 0 saturated heterocycles. The topological polar surface area (TPSA) is 66.9 Å². The van der Waals surface area contributed by atoms with Gasteiger partial charge in [-0.05, 0) is 30.0 Å². The SMILES string of the molecule is O=C1NC(=O)C(c2c[nH]c3ccccc23)=C1Cc1cn2c3c(cccc13)CCC2. The molecule has 6 rings (SSSR count). The van der Waals surface area contributed by atoms with Gasteiger partial charge in [-0.15, -0.1) is 0 Å². The average molecular weight is 381 g/mol. The molecule has 2 amide bonds. The van der Waals surface area contributed by atoms with E-state index in [2.05, 4.69) is 39.3 Å². The molecule has 0 spiro atoms. The molecule has 5 nitrogen and oxygen atoms in total. The number of nitrogens with zero attached hydrogens (tertiary/aromatic N) is 1. The van der Waals surface area contributed by atoms with E-state index in [1.165, 1.54) is 16.5 Å². The number of nitrogens with one attached hydrogen (secondary N) is 2. The molecule has 2 aromatic carbocycles. The Hall–Kier alpha value is -3.60. The smallest absolute Gasteiger partial charge is 0.259 e. The molecule has 0 atom stereocenters. The average Bonchev–Trinajstić information content (AvgIpc) is 3.38. The zero-order valence-electron chi connectivity index (χ0n) is 15.8. The summed E-state index contributed by atoms with van der Waals surface area (Å²) in [4.78, 5) is 28.6. The van der Waals surface area contributed by atoms with Crippen LogP contribution in [0, 0.1) is 0 Å². The Balaban J connectivity index is 1.54. The first kappa shape index (κ1) is 16.4. The highest BCUT2D eigenvalue weighted by Gasteiger charge is 2.33. The summed E-state index contributed by atoms with van der Waals surface area (Å²) in [5.41, 5.74) is 6.50. The van der Waals surface area contributed by atoms with E-state index in [4.69, 9.17) is 0 Å². The largest absolute Gasteiger partial charge is 0.361 e. The van der Waals surface area contributed by atoms with Crippen molar-refractivity contribution < 1.29 is 9.59 Å². The number of H-pyrrole nitrogens is 1. The third-order valence-electron chi connectivity index (χ3n) is 6.17. The maximum atomic E-state index is 12.7. The molecule has 0 aliphatic carbocycles. The Kier molecular flexibility index (Phi) is 3.36. The lowest BCUT2D eigenvalue weighted by Crippen LogP contribution is -2.23. The molecule has 29 heavy (non-hydrogen) atoms. The van der Waals surface area contributed by atoms with Gasteiger partial charge in [-0.3, -0.25) is 14.9 Å². The number of aryl methyl sites for hydroxylation is 2. The quantitative estimate of drug-likeness (QED) is 0.531. The maximum absolute atomic E-state index is 12.7. The second-order valence-electron chi connectivity index (χ2n) is 7.83. The van der Waals surface area contributed by atoms with Crippen molar-refractivity contribution in [2.24, 2.45) is 0 Å². The number of hydrogen-bond acceptors (Lipinski definition) is 2. The van der Waals surface area contributed by atoms with Gasteiger partial charge in [0.15, 0.2) is 0 Å². The third-order valence-corrected chi connectivity index (χ3v) is 6.17. The summed E-state index contributed by atoms with van der Waals surface area (Å²) >= 11 is 0. The van der Waals surface area contributed by atoms with Crippen LogP contribution in [-0.2, 0) is 29.0 Å². The van der Waals surface area contributed by atoms with E-state index >= 15 is 0 Å². The minimum Gasteiger partial charge on any atom is -0.361 e. The van der Waals surface area contributed by atoms with Crippen molar-refractivity contribution in [3.05, 3.63) is 77.1 Å². The van der Waals surface area contributed by atoms with Gasteiger partial charge in [-0.2, -0.15) is 0 Å². The van der Waals surface area contributed by atoms with Gasteiger partial charge in [0.05, 0.1) is 11.1 Å². The molecule has 5 heteroatoms. The first-order valence-corrected chi connectivity index (χ1v) is 9.95. The first-order valence-electron chi connectivity index (χ1n) is 9.95. The Morgan fingerprint density at radius 3 is 2.76 bits per heavy atom. The van der Waals surface area contributed by atoms with Gasteiger partial charge in [0, 0.05) is 52.8 Å². The molecular formula is C24H19N3O2. The van der Waals surface area contributed by atoms with Gasteiger partial charge in [-0.25, -0.2) is 0 Å². The van der Waals surface area contributed by atoms with Crippen molar-refractivity contribution >= 4 is 39.2 Å². The van der Waals surface area contributed by atoms with Crippen LogP contribution in [0.1, 0.15) is 23.1 Å². The van der Waals surface area contributed by atoms with Crippen molar-refractivity contribution in [1.82, 2.24) is 14.9 Å². The standard InChI is InChI=1S/C24H19N3O2/c28-23-18(11-15-13-27-10-4-6-14-5-3-8-16(15)22(14)27)21(24(29)26-23)19-12-25-20-9-2-1-7-17(19)20/h1-3,5,7-9,12-13,25H,4,6,10-11H2,(H,26,28,29). The van der Waals surface area contributed by atoms with Gasteiger partial charge in [0.1, 0.15) is 0 Å². The molecule has 2 N–H and O–H groups in total. The van der Waals surface area contributed by atoms with Gasteiger partial charge in [0.25, 0.3) is 11.8 Å². The van der Waals surface area contributed by atoms with E-state index in [0.29, 0.717) is 17.6 Å². The highest BCUT2D eigenvalue weighted by molar-refractivity contribution is 6.37. The summed E-state index contributed by atoms with van der Waals surface area (Å²) in [6.07, 6.45) is 6.64. The number of para-hydroxylation sites is 2. The van der Waals surface area contributed by atoms with Gasteiger partial charge < -0.3 is 9.55 Å². The number of amides is 2. The highest BCUT2D eigenvalue weighted by Crippen LogP contribution is 2.35. The Morgan fingerprint density at radius 1 is 0.966 bits per heavy atom. The number of aromatic nitrogens is 2. The van der Waals surface area contributed by atoms with Crippen LogP contribution in [0.2, 0.25) is 0 Å². The lowest BCUT2D eigenvalue weighted by atomic mass is 9.95. The molecule has 4 aromatic rings. The summed E-state index contributed by atoms with van der Waals surface area (Å²) in [6, 6.07) is 14.2. The molecule has 0 unspecified atom stereocenters.